The molecule has 1 rings (SSSR count). The summed E-state index contributed by atoms with van der Waals surface area (Å²) in [6.07, 6.45) is 1.33. The molecule has 0 amide bonds. The maximum atomic E-state index is 13.3. The van der Waals surface area contributed by atoms with E-state index >= 15 is 0 Å². The Morgan fingerprint density at radius 1 is 1.58 bits per heavy atom. The van der Waals surface area contributed by atoms with Gasteiger partial charge < -0.3 is 0 Å². The third kappa shape index (κ3) is 2.37. The topological polar surface area (TPSA) is 35.5 Å². The van der Waals surface area contributed by atoms with Gasteiger partial charge in [-0.3, -0.25) is 9.05 Å². The standard InChI is InChI=1S/C6H9F2O3P/c1-2-3-6(7)4-10-12(8,9)11-5-6/h2H,1,3-5H2. The van der Waals surface area contributed by atoms with Crippen LogP contribution in [0.3, 0.4) is 0 Å². The Balaban J connectivity index is 2.55. The number of hydrogen-bond acceptors (Lipinski definition) is 3. The molecule has 1 aliphatic heterocycles. The van der Waals surface area contributed by atoms with Crippen molar-refractivity contribution in [2.75, 3.05) is 13.2 Å². The number of hydrogen-bond donors (Lipinski definition) is 0. The van der Waals surface area contributed by atoms with Crippen LogP contribution in [0, 0.1) is 0 Å². The third-order valence-electron chi connectivity index (χ3n) is 1.47. The first-order valence-electron chi connectivity index (χ1n) is 3.36. The second-order valence-corrected chi connectivity index (χ2v) is 4.00. The molecule has 0 spiro atoms. The summed E-state index contributed by atoms with van der Waals surface area (Å²) in [5.74, 6) is 0. The number of allylic oxidation sites excluding steroid dienone is 1. The van der Waals surface area contributed by atoms with E-state index in [1.807, 2.05) is 0 Å². The van der Waals surface area contributed by atoms with Gasteiger partial charge in [-0.15, -0.1) is 10.8 Å². The van der Waals surface area contributed by atoms with E-state index in [4.69, 9.17) is 0 Å². The highest BCUT2D eigenvalue weighted by Crippen LogP contribution is 2.54. The maximum Gasteiger partial charge on any atom is 0.513 e. The van der Waals surface area contributed by atoms with Crippen LogP contribution in [0.25, 0.3) is 0 Å². The maximum absolute atomic E-state index is 13.3. The van der Waals surface area contributed by atoms with Crippen molar-refractivity contribution in [1.29, 1.82) is 0 Å². The predicted octanol–water partition coefficient (Wildman–Crippen LogP) is 2.40. The smallest absolute Gasteiger partial charge is 0.280 e. The minimum atomic E-state index is -4.46. The zero-order valence-corrected chi connectivity index (χ0v) is 7.23. The lowest BCUT2D eigenvalue weighted by molar-refractivity contribution is -0.0205. The number of halogens is 2. The van der Waals surface area contributed by atoms with Crippen LogP contribution in [0.15, 0.2) is 12.7 Å². The van der Waals surface area contributed by atoms with Gasteiger partial charge in [-0.05, 0) is 0 Å². The van der Waals surface area contributed by atoms with Gasteiger partial charge in [-0.25, -0.2) is 8.96 Å². The fourth-order valence-corrected chi connectivity index (χ4v) is 1.69. The van der Waals surface area contributed by atoms with Gasteiger partial charge in [-0.2, -0.15) is 0 Å². The Hall–Kier alpha value is -0.250. The van der Waals surface area contributed by atoms with Crippen LogP contribution in [0.4, 0.5) is 8.59 Å². The number of alkyl halides is 1. The molecule has 0 radical (unpaired) electrons. The quantitative estimate of drug-likeness (QED) is 0.504. The van der Waals surface area contributed by atoms with Crippen LogP contribution in [0.2, 0.25) is 0 Å². The second-order valence-electron chi connectivity index (χ2n) is 2.62. The molecule has 0 aromatic rings. The first-order chi connectivity index (χ1) is 5.47. The minimum absolute atomic E-state index is 0.00694. The second kappa shape index (κ2) is 3.24. The first-order valence-corrected chi connectivity index (χ1v) is 4.79. The van der Waals surface area contributed by atoms with Gasteiger partial charge in [-0.1, -0.05) is 6.08 Å². The van der Waals surface area contributed by atoms with E-state index in [0.29, 0.717) is 0 Å². The summed E-state index contributed by atoms with van der Waals surface area (Å²) in [4.78, 5) is 0. The van der Waals surface area contributed by atoms with Crippen LogP contribution < -0.4 is 0 Å². The fraction of sp³-hybridized carbons (Fsp3) is 0.667. The van der Waals surface area contributed by atoms with Gasteiger partial charge in [0.1, 0.15) is 0 Å². The summed E-state index contributed by atoms with van der Waals surface area (Å²) in [7, 11) is -4.46. The monoisotopic (exact) mass is 198 g/mol. The summed E-state index contributed by atoms with van der Waals surface area (Å²) >= 11 is 0. The van der Waals surface area contributed by atoms with Gasteiger partial charge >= 0.3 is 7.91 Å². The summed E-state index contributed by atoms with van der Waals surface area (Å²) in [5.41, 5.74) is -1.79. The molecule has 1 fully saturated rings. The van der Waals surface area contributed by atoms with Gasteiger partial charge in [0.15, 0.2) is 5.67 Å². The highest BCUT2D eigenvalue weighted by molar-refractivity contribution is 7.48. The fourth-order valence-electron chi connectivity index (χ4n) is 0.841. The van der Waals surface area contributed by atoms with Crippen LogP contribution in [-0.4, -0.2) is 18.9 Å². The summed E-state index contributed by atoms with van der Waals surface area (Å²) in [5, 5.41) is 0. The lowest BCUT2D eigenvalue weighted by Crippen LogP contribution is -2.36. The highest BCUT2D eigenvalue weighted by atomic mass is 31.2. The molecule has 12 heavy (non-hydrogen) atoms. The molecule has 0 atom stereocenters. The molecule has 6 heteroatoms. The Labute approximate surface area is 69.0 Å². The van der Waals surface area contributed by atoms with Crippen molar-refractivity contribution >= 4 is 7.91 Å². The van der Waals surface area contributed by atoms with Crippen LogP contribution in [0.5, 0.6) is 0 Å². The SMILES string of the molecule is C=CCC1(F)COP(=O)(F)OC1. The van der Waals surface area contributed by atoms with E-state index in [9.17, 15) is 13.2 Å². The average Bonchev–Trinajstić information content (AvgIpc) is 1.98. The molecular weight excluding hydrogens is 189 g/mol. The Morgan fingerprint density at radius 3 is 2.50 bits per heavy atom. The summed E-state index contributed by atoms with van der Waals surface area (Å²) in [6, 6.07) is 0. The van der Waals surface area contributed by atoms with E-state index < -0.39 is 26.8 Å². The average molecular weight is 198 g/mol. The third-order valence-corrected chi connectivity index (χ3v) is 2.34. The Bertz CT molecular complexity index is 219. The molecule has 0 bridgehead atoms. The molecule has 70 valence electrons. The summed E-state index contributed by atoms with van der Waals surface area (Å²) < 4.78 is 44.3. The van der Waals surface area contributed by atoms with Gasteiger partial charge in [0.2, 0.25) is 0 Å². The predicted molar refractivity (Wildman–Crippen MR) is 39.3 cm³/mol. The van der Waals surface area contributed by atoms with E-state index in [1.165, 1.54) is 6.08 Å². The molecule has 3 nitrogen and oxygen atoms in total. The Morgan fingerprint density at radius 2 is 2.08 bits per heavy atom. The van der Waals surface area contributed by atoms with Gasteiger partial charge in [0.05, 0.1) is 13.2 Å². The zero-order valence-electron chi connectivity index (χ0n) is 6.33. The van der Waals surface area contributed by atoms with Crippen molar-refractivity contribution in [2.45, 2.75) is 12.1 Å². The van der Waals surface area contributed by atoms with Crippen molar-refractivity contribution in [3.8, 4) is 0 Å². The largest absolute Gasteiger partial charge is 0.513 e. The molecule has 0 aromatic heterocycles. The lowest BCUT2D eigenvalue weighted by atomic mass is 10.1. The van der Waals surface area contributed by atoms with Crippen LogP contribution >= 0.6 is 7.91 Å². The zero-order chi connectivity index (χ0) is 9.24. The van der Waals surface area contributed by atoms with E-state index in [0.717, 1.165) is 0 Å². The van der Waals surface area contributed by atoms with Crippen molar-refractivity contribution in [1.82, 2.24) is 0 Å². The van der Waals surface area contributed by atoms with E-state index in [-0.39, 0.29) is 6.42 Å². The summed E-state index contributed by atoms with van der Waals surface area (Å²) in [6.45, 7) is 2.22. The molecular formula is C6H9F2O3P. The molecule has 0 aromatic carbocycles. The van der Waals surface area contributed by atoms with E-state index in [2.05, 4.69) is 15.6 Å². The van der Waals surface area contributed by atoms with Crippen molar-refractivity contribution in [3.63, 3.8) is 0 Å². The highest BCUT2D eigenvalue weighted by Gasteiger charge is 2.42. The number of rotatable bonds is 2. The molecule has 1 aliphatic rings. The van der Waals surface area contributed by atoms with Gasteiger partial charge in [0.25, 0.3) is 0 Å². The van der Waals surface area contributed by atoms with Crippen LogP contribution in [0.1, 0.15) is 6.42 Å². The minimum Gasteiger partial charge on any atom is -0.280 e. The van der Waals surface area contributed by atoms with Crippen molar-refractivity contribution in [2.24, 2.45) is 0 Å². The molecule has 0 saturated carbocycles. The van der Waals surface area contributed by atoms with E-state index in [1.54, 1.807) is 0 Å². The molecule has 0 aliphatic carbocycles. The van der Waals surface area contributed by atoms with Crippen molar-refractivity contribution in [3.05, 3.63) is 12.7 Å². The van der Waals surface area contributed by atoms with Crippen molar-refractivity contribution < 1.29 is 22.2 Å². The van der Waals surface area contributed by atoms with Gasteiger partial charge in [0, 0.05) is 6.42 Å². The molecule has 1 heterocycles. The molecule has 1 saturated heterocycles. The lowest BCUT2D eigenvalue weighted by Gasteiger charge is -2.29. The normalized spacial score (nSPS) is 42.5. The van der Waals surface area contributed by atoms with Crippen LogP contribution in [-0.2, 0) is 13.6 Å². The molecule has 0 N–H and O–H groups in total. The molecule has 0 unspecified atom stereocenters. The first kappa shape index (κ1) is 9.84. The Kier molecular flexibility index (Phi) is 2.66.